The van der Waals surface area contributed by atoms with Crippen LogP contribution in [0.3, 0.4) is 0 Å². The number of nitrogens with zero attached hydrogens (tertiary/aromatic N) is 2. The number of ether oxygens (including phenoxy) is 3. The van der Waals surface area contributed by atoms with Crippen LogP contribution in [0.5, 0.6) is 17.2 Å². The van der Waals surface area contributed by atoms with Gasteiger partial charge in [-0.15, -0.1) is 0 Å². The Morgan fingerprint density at radius 3 is 2.46 bits per heavy atom. The summed E-state index contributed by atoms with van der Waals surface area (Å²) in [7, 11) is 1.55. The number of aromatic nitrogens is 2. The van der Waals surface area contributed by atoms with Crippen LogP contribution in [0.2, 0.25) is 0 Å². The second-order valence-electron chi connectivity index (χ2n) is 7.68. The van der Waals surface area contributed by atoms with Crippen LogP contribution in [0.4, 0.5) is 0 Å². The zero-order chi connectivity index (χ0) is 24.2. The molecule has 1 atom stereocenters. The predicted octanol–water partition coefficient (Wildman–Crippen LogP) is 3.15. The third-order valence-electron chi connectivity index (χ3n) is 5.44. The molecule has 0 radical (unpaired) electrons. The van der Waals surface area contributed by atoms with Crippen molar-refractivity contribution in [3.05, 3.63) is 90.6 Å². The third kappa shape index (κ3) is 4.51. The maximum Gasteiger partial charge on any atom is 0.283 e. The molecule has 0 fully saturated rings. The lowest BCUT2D eigenvalue weighted by atomic mass is 10.1. The monoisotopic (exact) mass is 470 g/mol. The Labute approximate surface area is 201 Å². The van der Waals surface area contributed by atoms with Crippen molar-refractivity contribution in [3.63, 3.8) is 0 Å². The van der Waals surface area contributed by atoms with Crippen LogP contribution in [-0.2, 0) is 4.79 Å². The number of para-hydroxylation sites is 4. The van der Waals surface area contributed by atoms with Gasteiger partial charge in [0.2, 0.25) is 6.10 Å². The van der Waals surface area contributed by atoms with Crippen LogP contribution in [-0.4, -0.2) is 41.4 Å². The molecule has 2 N–H and O–H groups in total. The van der Waals surface area contributed by atoms with Crippen LogP contribution >= 0.6 is 0 Å². The van der Waals surface area contributed by atoms with Crippen LogP contribution < -0.4 is 25.1 Å². The number of rotatable bonds is 5. The predicted molar refractivity (Wildman–Crippen MR) is 128 cm³/mol. The van der Waals surface area contributed by atoms with Gasteiger partial charge in [0.1, 0.15) is 18.1 Å². The highest BCUT2D eigenvalue weighted by Gasteiger charge is 2.28. The molecule has 1 aromatic heterocycles. The van der Waals surface area contributed by atoms with Crippen molar-refractivity contribution in [2.24, 2.45) is 0 Å². The van der Waals surface area contributed by atoms with Gasteiger partial charge in [-0.2, -0.15) is 5.10 Å². The Kier molecular flexibility index (Phi) is 6.04. The minimum Gasteiger partial charge on any atom is -0.496 e. The third-order valence-corrected chi connectivity index (χ3v) is 5.44. The van der Waals surface area contributed by atoms with Gasteiger partial charge in [-0.25, -0.2) is 4.68 Å². The van der Waals surface area contributed by atoms with Crippen molar-refractivity contribution in [1.29, 1.82) is 0 Å². The Balaban J connectivity index is 1.38. The van der Waals surface area contributed by atoms with Gasteiger partial charge in [0, 0.05) is 11.8 Å². The van der Waals surface area contributed by atoms with Gasteiger partial charge in [-0.3, -0.25) is 20.4 Å². The zero-order valence-corrected chi connectivity index (χ0v) is 18.8. The molecule has 5 rings (SSSR count). The Hall–Kier alpha value is -4.79. The van der Waals surface area contributed by atoms with Crippen LogP contribution in [0.25, 0.3) is 16.9 Å². The summed E-state index contributed by atoms with van der Waals surface area (Å²) in [6, 6.07) is 23.8. The first-order valence-corrected chi connectivity index (χ1v) is 10.9. The summed E-state index contributed by atoms with van der Waals surface area (Å²) in [6.07, 6.45) is 0.695. The van der Waals surface area contributed by atoms with E-state index < -0.39 is 17.9 Å². The minimum absolute atomic E-state index is 0.0249. The van der Waals surface area contributed by atoms with Crippen molar-refractivity contribution in [1.82, 2.24) is 20.6 Å². The molecule has 2 amide bonds. The zero-order valence-electron chi connectivity index (χ0n) is 18.8. The quantitative estimate of drug-likeness (QED) is 0.435. The Morgan fingerprint density at radius 1 is 0.943 bits per heavy atom. The van der Waals surface area contributed by atoms with E-state index in [9.17, 15) is 9.59 Å². The van der Waals surface area contributed by atoms with Gasteiger partial charge in [0.15, 0.2) is 11.5 Å². The van der Waals surface area contributed by atoms with Crippen LogP contribution in [0.1, 0.15) is 10.4 Å². The second kappa shape index (κ2) is 9.60. The fourth-order valence-electron chi connectivity index (χ4n) is 3.71. The maximum absolute atomic E-state index is 13.2. The number of hydrogen-bond acceptors (Lipinski definition) is 6. The van der Waals surface area contributed by atoms with E-state index in [0.717, 1.165) is 5.69 Å². The highest BCUT2D eigenvalue weighted by molar-refractivity contribution is 6.01. The van der Waals surface area contributed by atoms with Gasteiger partial charge >= 0.3 is 0 Å². The number of carbonyl (C=O) groups is 2. The number of hydrazine groups is 1. The average molecular weight is 470 g/mol. The van der Waals surface area contributed by atoms with E-state index in [1.165, 1.54) is 0 Å². The first-order valence-electron chi connectivity index (χ1n) is 10.9. The molecule has 0 bridgehead atoms. The Bertz CT molecular complexity index is 1370. The lowest BCUT2D eigenvalue weighted by Crippen LogP contribution is -2.50. The molecule has 9 heteroatoms. The van der Waals surface area contributed by atoms with E-state index in [1.54, 1.807) is 42.3 Å². The highest BCUT2D eigenvalue weighted by Crippen LogP contribution is 2.32. The topological polar surface area (TPSA) is 104 Å². The highest BCUT2D eigenvalue weighted by atomic mass is 16.6. The van der Waals surface area contributed by atoms with Crippen molar-refractivity contribution in [2.75, 3.05) is 13.7 Å². The normalized spacial score (nSPS) is 14.1. The summed E-state index contributed by atoms with van der Waals surface area (Å²) in [5.41, 5.74) is 6.97. The molecule has 3 aromatic carbocycles. The number of hydrogen-bond donors (Lipinski definition) is 2. The van der Waals surface area contributed by atoms with E-state index in [4.69, 9.17) is 14.2 Å². The number of benzene rings is 3. The summed E-state index contributed by atoms with van der Waals surface area (Å²) in [4.78, 5) is 25.8. The van der Waals surface area contributed by atoms with Crippen molar-refractivity contribution in [2.45, 2.75) is 6.10 Å². The molecule has 9 nitrogen and oxygen atoms in total. The molecule has 4 aromatic rings. The van der Waals surface area contributed by atoms with Crippen LogP contribution in [0.15, 0.2) is 85.1 Å². The van der Waals surface area contributed by atoms with Gasteiger partial charge in [-0.1, -0.05) is 42.5 Å². The van der Waals surface area contributed by atoms with Gasteiger partial charge in [0.05, 0.1) is 18.4 Å². The maximum atomic E-state index is 13.2. The first-order chi connectivity index (χ1) is 17.1. The van der Waals surface area contributed by atoms with Crippen molar-refractivity contribution >= 4 is 11.8 Å². The standard InChI is InChI=1S/C26H22N4O5/c1-33-20-12-6-5-11-18(20)24-19(15-30(29-24)17-9-3-2-4-10-17)25(31)27-28-26(32)23-16-34-21-13-7-8-14-22(21)35-23/h2-15,23H,16H2,1H3,(H,27,31)(H,28,32). The first kappa shape index (κ1) is 22.0. The largest absolute Gasteiger partial charge is 0.496 e. The molecule has 1 unspecified atom stereocenters. The van der Waals surface area contributed by atoms with E-state index >= 15 is 0 Å². The number of amides is 2. The fourth-order valence-corrected chi connectivity index (χ4v) is 3.71. The second-order valence-corrected chi connectivity index (χ2v) is 7.68. The molecular formula is C26H22N4O5. The molecule has 35 heavy (non-hydrogen) atoms. The van der Waals surface area contributed by atoms with E-state index in [2.05, 4.69) is 16.0 Å². The van der Waals surface area contributed by atoms with E-state index in [-0.39, 0.29) is 12.2 Å². The number of nitrogens with one attached hydrogen (secondary N) is 2. The summed E-state index contributed by atoms with van der Waals surface area (Å²) in [5.74, 6) is 0.513. The Morgan fingerprint density at radius 2 is 1.66 bits per heavy atom. The molecule has 1 aliphatic heterocycles. The van der Waals surface area contributed by atoms with Gasteiger partial charge < -0.3 is 14.2 Å². The lowest BCUT2D eigenvalue weighted by Gasteiger charge is -2.25. The summed E-state index contributed by atoms with van der Waals surface area (Å²) in [5, 5.41) is 4.64. The SMILES string of the molecule is COc1ccccc1-c1nn(-c2ccccc2)cc1C(=O)NNC(=O)C1COc2ccccc2O1. The number of methoxy groups -OCH3 is 1. The smallest absolute Gasteiger partial charge is 0.283 e. The molecule has 0 aliphatic carbocycles. The summed E-state index contributed by atoms with van der Waals surface area (Å²) >= 11 is 0. The van der Waals surface area contributed by atoms with Crippen molar-refractivity contribution in [3.8, 4) is 34.2 Å². The van der Waals surface area contributed by atoms with Crippen LogP contribution in [0, 0.1) is 0 Å². The van der Waals surface area contributed by atoms with E-state index in [1.807, 2.05) is 54.6 Å². The van der Waals surface area contributed by atoms with Crippen molar-refractivity contribution < 1.29 is 23.8 Å². The van der Waals surface area contributed by atoms with Gasteiger partial charge in [-0.05, 0) is 36.4 Å². The van der Waals surface area contributed by atoms with Gasteiger partial charge in [0.25, 0.3) is 11.8 Å². The fraction of sp³-hybridized carbons (Fsp3) is 0.115. The number of fused-ring (bicyclic) bond motifs is 1. The molecule has 1 aliphatic rings. The summed E-state index contributed by atoms with van der Waals surface area (Å²) < 4.78 is 18.4. The molecule has 0 spiro atoms. The molecule has 0 saturated heterocycles. The molecule has 0 saturated carbocycles. The average Bonchev–Trinajstić information content (AvgIpc) is 3.37. The molecule has 176 valence electrons. The molecular weight excluding hydrogens is 448 g/mol. The lowest BCUT2D eigenvalue weighted by molar-refractivity contribution is -0.131. The minimum atomic E-state index is -0.911. The van der Waals surface area contributed by atoms with E-state index in [0.29, 0.717) is 28.5 Å². The summed E-state index contributed by atoms with van der Waals surface area (Å²) in [6.45, 7) is 0.0249. The number of carbonyl (C=O) groups excluding carboxylic acids is 2. The molecule has 2 heterocycles.